The van der Waals surface area contributed by atoms with Gasteiger partial charge in [0.05, 0.1) is 11.2 Å². The topological polar surface area (TPSA) is 38.0 Å². The van der Waals surface area contributed by atoms with Crippen LogP contribution >= 0.6 is 0 Å². The van der Waals surface area contributed by atoms with Gasteiger partial charge in [0.15, 0.2) is 0 Å². The lowest BCUT2D eigenvalue weighted by Gasteiger charge is -2.19. The molecule has 2 aromatic rings. The normalized spacial score (nSPS) is 11.8. The van der Waals surface area contributed by atoms with E-state index in [-0.39, 0.29) is 11.4 Å². The van der Waals surface area contributed by atoms with Crippen molar-refractivity contribution in [1.29, 1.82) is 0 Å². The Kier molecular flexibility index (Phi) is 2.93. The van der Waals surface area contributed by atoms with E-state index >= 15 is 0 Å². The molecule has 0 atom stereocenters. The molecule has 2 rings (SSSR count). The predicted octanol–water partition coefficient (Wildman–Crippen LogP) is 3.63. The second kappa shape index (κ2) is 4.16. The minimum absolute atomic E-state index is 0.226. The van der Waals surface area contributed by atoms with Crippen LogP contribution in [0.1, 0.15) is 31.9 Å². The maximum absolute atomic E-state index is 10.2. The lowest BCUT2D eigenvalue weighted by atomic mass is 10.0. The summed E-state index contributed by atoms with van der Waals surface area (Å²) in [7, 11) is 0. The lowest BCUT2D eigenvalue weighted by molar-refractivity contribution is 0.294. The molecule has 3 heteroatoms. The zero-order chi connectivity index (χ0) is 13.5. The van der Waals surface area contributed by atoms with Gasteiger partial charge in [-0.15, -0.1) is 0 Å². The van der Waals surface area contributed by atoms with Crippen LogP contribution in [-0.2, 0) is 5.54 Å². The number of aromatic hydroxyl groups is 1. The van der Waals surface area contributed by atoms with E-state index in [2.05, 4.69) is 18.1 Å². The molecule has 0 unspecified atom stereocenters. The smallest absolute Gasteiger partial charge is 0.213 e. The molecule has 0 saturated carbocycles. The summed E-state index contributed by atoms with van der Waals surface area (Å²) >= 11 is 0. The molecule has 0 radical (unpaired) electrons. The van der Waals surface area contributed by atoms with E-state index in [1.165, 1.54) is 5.56 Å². The van der Waals surface area contributed by atoms with Crippen LogP contribution in [0.5, 0.6) is 5.88 Å². The second-order valence-electron chi connectivity index (χ2n) is 5.69. The van der Waals surface area contributed by atoms with Gasteiger partial charge in [-0.2, -0.15) is 5.10 Å². The number of aromatic nitrogens is 2. The van der Waals surface area contributed by atoms with Gasteiger partial charge in [-0.1, -0.05) is 24.3 Å². The third-order valence-electron chi connectivity index (χ3n) is 3.13. The molecule has 0 fully saturated rings. The van der Waals surface area contributed by atoms with Gasteiger partial charge in [0.25, 0.3) is 0 Å². The Hall–Kier alpha value is -1.77. The summed E-state index contributed by atoms with van der Waals surface area (Å²) in [6, 6.07) is 8.10. The van der Waals surface area contributed by atoms with Crippen LogP contribution in [-0.4, -0.2) is 14.9 Å². The summed E-state index contributed by atoms with van der Waals surface area (Å²) in [5.41, 5.74) is 3.71. The van der Waals surface area contributed by atoms with Crippen molar-refractivity contribution in [3.8, 4) is 17.1 Å². The number of aryl methyl sites for hydroxylation is 1. The van der Waals surface area contributed by atoms with Crippen molar-refractivity contribution < 1.29 is 5.11 Å². The van der Waals surface area contributed by atoms with Crippen molar-refractivity contribution in [2.75, 3.05) is 0 Å². The van der Waals surface area contributed by atoms with Gasteiger partial charge in [0, 0.05) is 11.1 Å². The first kappa shape index (κ1) is 12.7. The van der Waals surface area contributed by atoms with Crippen molar-refractivity contribution in [3.63, 3.8) is 0 Å². The molecule has 1 N–H and O–H groups in total. The average molecular weight is 244 g/mol. The highest BCUT2D eigenvalue weighted by atomic mass is 16.3. The Balaban J connectivity index is 2.65. The van der Waals surface area contributed by atoms with Crippen molar-refractivity contribution in [3.05, 3.63) is 35.4 Å². The molecular formula is C15H20N2O. The van der Waals surface area contributed by atoms with E-state index in [0.29, 0.717) is 0 Å². The molecule has 0 amide bonds. The number of rotatable bonds is 1. The molecule has 18 heavy (non-hydrogen) atoms. The van der Waals surface area contributed by atoms with E-state index in [1.54, 1.807) is 4.68 Å². The monoisotopic (exact) mass is 244 g/mol. The summed E-state index contributed by atoms with van der Waals surface area (Å²) in [5, 5.41) is 14.8. The summed E-state index contributed by atoms with van der Waals surface area (Å²) in [6.45, 7) is 10.1. The van der Waals surface area contributed by atoms with Gasteiger partial charge >= 0.3 is 0 Å². The molecule has 0 saturated heterocycles. The predicted molar refractivity (Wildman–Crippen MR) is 73.8 cm³/mol. The first-order chi connectivity index (χ1) is 8.32. The summed E-state index contributed by atoms with van der Waals surface area (Å²) in [6.07, 6.45) is 0. The summed E-state index contributed by atoms with van der Waals surface area (Å²) in [5.74, 6) is 0.251. The van der Waals surface area contributed by atoms with Crippen molar-refractivity contribution in [2.24, 2.45) is 0 Å². The van der Waals surface area contributed by atoms with E-state index in [0.717, 1.165) is 16.8 Å². The fraction of sp³-hybridized carbons (Fsp3) is 0.400. The molecule has 0 aliphatic rings. The fourth-order valence-corrected chi connectivity index (χ4v) is 2.05. The SMILES string of the molecule is Cc1ccccc1-c1nn(C(C)(C)C)c(O)c1C. The standard InChI is InChI=1S/C15H20N2O/c1-10-8-6-7-9-12(10)13-11(2)14(18)17(16-13)15(3,4)5/h6-9,18H,1-5H3. The Morgan fingerprint density at radius 1 is 1.11 bits per heavy atom. The lowest BCUT2D eigenvalue weighted by Crippen LogP contribution is -2.22. The average Bonchev–Trinajstić information content (AvgIpc) is 2.57. The Bertz CT molecular complexity index is 577. The molecule has 0 bridgehead atoms. The van der Waals surface area contributed by atoms with Crippen LogP contribution < -0.4 is 0 Å². The molecule has 1 heterocycles. The van der Waals surface area contributed by atoms with Gasteiger partial charge < -0.3 is 5.11 Å². The van der Waals surface area contributed by atoms with Crippen LogP contribution in [0.25, 0.3) is 11.3 Å². The van der Waals surface area contributed by atoms with Gasteiger partial charge in [0.2, 0.25) is 5.88 Å². The molecule has 3 nitrogen and oxygen atoms in total. The molecule has 0 aliphatic carbocycles. The number of nitrogens with zero attached hydrogens (tertiary/aromatic N) is 2. The molecule has 1 aromatic carbocycles. The summed E-state index contributed by atoms with van der Waals surface area (Å²) in [4.78, 5) is 0. The third-order valence-corrected chi connectivity index (χ3v) is 3.13. The molecular weight excluding hydrogens is 224 g/mol. The number of hydrogen-bond donors (Lipinski definition) is 1. The molecule has 96 valence electrons. The van der Waals surface area contributed by atoms with Crippen molar-refractivity contribution in [1.82, 2.24) is 9.78 Å². The van der Waals surface area contributed by atoms with Crippen LogP contribution in [0.3, 0.4) is 0 Å². The molecule has 1 aromatic heterocycles. The van der Waals surface area contributed by atoms with Gasteiger partial charge in [0.1, 0.15) is 0 Å². The minimum atomic E-state index is -0.226. The molecule has 0 aliphatic heterocycles. The highest BCUT2D eigenvalue weighted by Crippen LogP contribution is 2.33. The maximum Gasteiger partial charge on any atom is 0.213 e. The van der Waals surface area contributed by atoms with Crippen LogP contribution in [0.4, 0.5) is 0 Å². The molecule has 0 spiro atoms. The summed E-state index contributed by atoms with van der Waals surface area (Å²) < 4.78 is 1.68. The Labute approximate surface area is 108 Å². The first-order valence-corrected chi connectivity index (χ1v) is 6.17. The highest BCUT2D eigenvalue weighted by Gasteiger charge is 2.23. The number of benzene rings is 1. The highest BCUT2D eigenvalue weighted by molar-refractivity contribution is 5.68. The Morgan fingerprint density at radius 2 is 1.72 bits per heavy atom. The van der Waals surface area contributed by atoms with Gasteiger partial charge in [-0.05, 0) is 40.2 Å². The quantitative estimate of drug-likeness (QED) is 0.832. The zero-order valence-corrected chi connectivity index (χ0v) is 11.7. The van der Waals surface area contributed by atoms with Gasteiger partial charge in [-0.25, -0.2) is 4.68 Å². The van der Waals surface area contributed by atoms with Crippen molar-refractivity contribution >= 4 is 0 Å². The zero-order valence-electron chi connectivity index (χ0n) is 11.7. The largest absolute Gasteiger partial charge is 0.493 e. The first-order valence-electron chi connectivity index (χ1n) is 6.17. The van der Waals surface area contributed by atoms with Crippen LogP contribution in [0.2, 0.25) is 0 Å². The Morgan fingerprint density at radius 3 is 2.22 bits per heavy atom. The van der Waals surface area contributed by atoms with E-state index in [9.17, 15) is 5.11 Å². The van der Waals surface area contributed by atoms with Crippen LogP contribution in [0, 0.1) is 13.8 Å². The van der Waals surface area contributed by atoms with E-state index < -0.39 is 0 Å². The van der Waals surface area contributed by atoms with E-state index in [4.69, 9.17) is 0 Å². The number of hydrogen-bond acceptors (Lipinski definition) is 2. The minimum Gasteiger partial charge on any atom is -0.493 e. The van der Waals surface area contributed by atoms with Gasteiger partial charge in [-0.3, -0.25) is 0 Å². The second-order valence-corrected chi connectivity index (χ2v) is 5.69. The van der Waals surface area contributed by atoms with E-state index in [1.807, 2.05) is 45.9 Å². The maximum atomic E-state index is 10.2. The third kappa shape index (κ3) is 2.01. The van der Waals surface area contributed by atoms with Crippen molar-refractivity contribution in [2.45, 2.75) is 40.2 Å². The van der Waals surface area contributed by atoms with Crippen LogP contribution in [0.15, 0.2) is 24.3 Å². The fourth-order valence-electron chi connectivity index (χ4n) is 2.05.